The van der Waals surface area contributed by atoms with Crippen molar-refractivity contribution in [1.82, 2.24) is 19.2 Å². The van der Waals surface area contributed by atoms with Gasteiger partial charge in [-0.2, -0.15) is 23.0 Å². The fourth-order valence-corrected chi connectivity index (χ4v) is 3.23. The van der Waals surface area contributed by atoms with Crippen LogP contribution in [0.4, 0.5) is 17.6 Å². The van der Waals surface area contributed by atoms with E-state index in [0.717, 1.165) is 30.3 Å². The van der Waals surface area contributed by atoms with Gasteiger partial charge in [-0.15, -0.1) is 0 Å². The van der Waals surface area contributed by atoms with E-state index in [1.54, 1.807) is 13.8 Å². The molecule has 0 fully saturated rings. The first-order chi connectivity index (χ1) is 15.6. The molecule has 1 amide bonds. The van der Waals surface area contributed by atoms with Crippen molar-refractivity contribution in [2.45, 2.75) is 26.6 Å². The summed E-state index contributed by atoms with van der Waals surface area (Å²) in [5, 5.41) is 3.89. The first-order valence-electron chi connectivity index (χ1n) is 10.0. The molecule has 174 valence electrons. The Morgan fingerprint density at radius 3 is 2.21 bits per heavy atom. The molecule has 2 aromatic carbocycles. The lowest BCUT2D eigenvalue weighted by Gasteiger charge is -2.19. The maximum Gasteiger partial charge on any atom is 0.416 e. The third-order valence-corrected chi connectivity index (χ3v) is 4.98. The molecule has 0 bridgehead atoms. The number of amides is 1. The zero-order valence-corrected chi connectivity index (χ0v) is 17.8. The predicted molar refractivity (Wildman–Crippen MR) is 112 cm³/mol. The number of alkyl halides is 3. The van der Waals surface area contributed by atoms with Crippen LogP contribution in [0.15, 0.2) is 58.1 Å². The van der Waals surface area contributed by atoms with Crippen LogP contribution in [0.5, 0.6) is 0 Å². The van der Waals surface area contributed by atoms with Gasteiger partial charge in [0.05, 0.1) is 17.8 Å². The number of rotatable bonds is 6. The second kappa shape index (κ2) is 9.39. The standard InChI is InChI=1S/C22H20F4N4O3/c1-3-28(4-2)19(31)18-20(32)29(13-14-6-5-7-16(23)12-14)21(33)30(27-18)17-10-8-15(9-11-17)22(24,25)26/h5-12H,3-4,13H2,1-2H3. The molecule has 1 aromatic heterocycles. The van der Waals surface area contributed by atoms with Gasteiger partial charge in [0.25, 0.3) is 11.5 Å². The maximum atomic E-state index is 13.6. The van der Waals surface area contributed by atoms with Crippen LogP contribution in [-0.4, -0.2) is 38.2 Å². The number of hydrogen-bond donors (Lipinski definition) is 0. The molecule has 33 heavy (non-hydrogen) atoms. The Morgan fingerprint density at radius 2 is 1.67 bits per heavy atom. The Hall–Kier alpha value is -3.76. The molecule has 7 nitrogen and oxygen atoms in total. The van der Waals surface area contributed by atoms with E-state index in [-0.39, 0.29) is 30.9 Å². The number of hydrogen-bond acceptors (Lipinski definition) is 4. The van der Waals surface area contributed by atoms with Crippen molar-refractivity contribution in [1.29, 1.82) is 0 Å². The van der Waals surface area contributed by atoms with Crippen molar-refractivity contribution in [2.24, 2.45) is 0 Å². The van der Waals surface area contributed by atoms with Crippen molar-refractivity contribution in [3.8, 4) is 5.69 Å². The maximum absolute atomic E-state index is 13.6. The lowest BCUT2D eigenvalue weighted by molar-refractivity contribution is -0.137. The average Bonchev–Trinajstić information content (AvgIpc) is 2.77. The Labute approximate surface area is 185 Å². The van der Waals surface area contributed by atoms with Gasteiger partial charge in [-0.25, -0.2) is 9.18 Å². The van der Waals surface area contributed by atoms with Crippen LogP contribution in [0.3, 0.4) is 0 Å². The highest BCUT2D eigenvalue weighted by atomic mass is 19.4. The first kappa shape index (κ1) is 23.9. The van der Waals surface area contributed by atoms with Crippen LogP contribution in [0.2, 0.25) is 0 Å². The predicted octanol–water partition coefficient (Wildman–Crippen LogP) is 3.08. The average molecular weight is 464 g/mol. The summed E-state index contributed by atoms with van der Waals surface area (Å²) in [6, 6.07) is 8.75. The molecule has 0 aliphatic carbocycles. The van der Waals surface area contributed by atoms with E-state index in [4.69, 9.17) is 0 Å². The Kier molecular flexibility index (Phi) is 6.80. The zero-order valence-electron chi connectivity index (χ0n) is 17.8. The Balaban J connectivity index is 2.22. The molecule has 3 aromatic rings. The molecular weight excluding hydrogens is 444 g/mol. The fraction of sp³-hybridized carbons (Fsp3) is 0.273. The molecule has 0 spiro atoms. The second-order valence-electron chi connectivity index (χ2n) is 7.09. The van der Waals surface area contributed by atoms with Crippen molar-refractivity contribution in [2.75, 3.05) is 13.1 Å². The van der Waals surface area contributed by atoms with E-state index in [2.05, 4.69) is 5.10 Å². The summed E-state index contributed by atoms with van der Waals surface area (Å²) < 4.78 is 53.8. The minimum Gasteiger partial charge on any atom is -0.338 e. The largest absolute Gasteiger partial charge is 0.416 e. The molecule has 0 aliphatic rings. The lowest BCUT2D eigenvalue weighted by Crippen LogP contribution is -2.46. The Bertz CT molecular complexity index is 1280. The zero-order chi connectivity index (χ0) is 24.3. The van der Waals surface area contributed by atoms with Gasteiger partial charge in [-0.1, -0.05) is 12.1 Å². The van der Waals surface area contributed by atoms with Gasteiger partial charge < -0.3 is 4.90 Å². The molecule has 0 atom stereocenters. The molecular formula is C22H20F4N4O3. The van der Waals surface area contributed by atoms with Gasteiger partial charge >= 0.3 is 11.9 Å². The highest BCUT2D eigenvalue weighted by Gasteiger charge is 2.30. The van der Waals surface area contributed by atoms with Crippen molar-refractivity contribution in [3.63, 3.8) is 0 Å². The number of nitrogens with zero attached hydrogens (tertiary/aromatic N) is 4. The molecule has 0 radical (unpaired) electrons. The van der Waals surface area contributed by atoms with Crippen LogP contribution in [0.25, 0.3) is 5.69 Å². The van der Waals surface area contributed by atoms with Crippen LogP contribution in [-0.2, 0) is 12.7 Å². The van der Waals surface area contributed by atoms with Crippen molar-refractivity contribution < 1.29 is 22.4 Å². The van der Waals surface area contributed by atoms with Crippen molar-refractivity contribution >= 4 is 5.91 Å². The first-order valence-corrected chi connectivity index (χ1v) is 10.0. The molecule has 0 unspecified atom stereocenters. The summed E-state index contributed by atoms with van der Waals surface area (Å²) >= 11 is 0. The lowest BCUT2D eigenvalue weighted by atomic mass is 10.2. The van der Waals surface area contributed by atoms with E-state index < -0.39 is 40.4 Å². The van der Waals surface area contributed by atoms with Crippen LogP contribution >= 0.6 is 0 Å². The summed E-state index contributed by atoms with van der Waals surface area (Å²) in [6.07, 6.45) is -4.59. The van der Waals surface area contributed by atoms with Crippen LogP contribution in [0.1, 0.15) is 35.5 Å². The quantitative estimate of drug-likeness (QED) is 0.526. The van der Waals surface area contributed by atoms with Crippen LogP contribution in [0, 0.1) is 5.82 Å². The third-order valence-electron chi connectivity index (χ3n) is 4.98. The topological polar surface area (TPSA) is 77.2 Å². The van der Waals surface area contributed by atoms with Gasteiger partial charge in [0.1, 0.15) is 5.82 Å². The highest BCUT2D eigenvalue weighted by Crippen LogP contribution is 2.29. The summed E-state index contributed by atoms with van der Waals surface area (Å²) in [6.45, 7) is 3.55. The summed E-state index contributed by atoms with van der Waals surface area (Å²) in [5.41, 5.74) is -3.28. The molecule has 11 heteroatoms. The minimum absolute atomic E-state index is 0.0745. The molecule has 0 aliphatic heterocycles. The van der Waals surface area contributed by atoms with Crippen molar-refractivity contribution in [3.05, 3.63) is 92.0 Å². The normalized spacial score (nSPS) is 11.5. The molecule has 3 rings (SSSR count). The molecule has 0 saturated heterocycles. The fourth-order valence-electron chi connectivity index (χ4n) is 3.23. The van der Waals surface area contributed by atoms with E-state index in [9.17, 15) is 31.9 Å². The number of halogens is 4. The SMILES string of the molecule is CCN(CC)C(=O)c1nn(-c2ccc(C(F)(F)F)cc2)c(=O)n(Cc2cccc(F)c2)c1=O. The Morgan fingerprint density at radius 1 is 1.03 bits per heavy atom. The monoisotopic (exact) mass is 464 g/mol. The number of benzene rings is 2. The molecule has 1 heterocycles. The number of carbonyl (C=O) groups is 1. The highest BCUT2D eigenvalue weighted by molar-refractivity contribution is 5.91. The summed E-state index contributed by atoms with van der Waals surface area (Å²) in [4.78, 5) is 40.3. The van der Waals surface area contributed by atoms with E-state index in [1.165, 1.54) is 23.1 Å². The van der Waals surface area contributed by atoms with Gasteiger partial charge in [-0.3, -0.25) is 14.2 Å². The van der Waals surface area contributed by atoms with Gasteiger partial charge in [0.15, 0.2) is 0 Å². The van der Waals surface area contributed by atoms with Crippen LogP contribution < -0.4 is 11.2 Å². The second-order valence-corrected chi connectivity index (χ2v) is 7.09. The van der Waals surface area contributed by atoms with E-state index in [0.29, 0.717) is 9.25 Å². The summed E-state index contributed by atoms with van der Waals surface area (Å²) in [7, 11) is 0. The van der Waals surface area contributed by atoms with E-state index >= 15 is 0 Å². The summed E-state index contributed by atoms with van der Waals surface area (Å²) in [5.74, 6) is -1.32. The number of carbonyl (C=O) groups excluding carboxylic acids is 1. The van der Waals surface area contributed by atoms with Gasteiger partial charge in [-0.05, 0) is 55.8 Å². The third kappa shape index (κ3) is 5.02. The molecule has 0 N–H and O–H groups in total. The number of aromatic nitrogens is 3. The van der Waals surface area contributed by atoms with Gasteiger partial charge in [0.2, 0.25) is 5.69 Å². The minimum atomic E-state index is -4.59. The molecule has 0 saturated carbocycles. The van der Waals surface area contributed by atoms with E-state index in [1.807, 2.05) is 0 Å². The van der Waals surface area contributed by atoms with Gasteiger partial charge in [0, 0.05) is 13.1 Å². The smallest absolute Gasteiger partial charge is 0.338 e.